The molecule has 0 N–H and O–H groups in total. The molecule has 0 heterocycles. The average Bonchev–Trinajstić information content (AvgIpc) is 2.15. The molecule has 1 aromatic rings. The normalized spacial score (nSPS) is 9.81. The SMILES string of the molecule is CN(C)c1ccccc1[N+]#N.F[B-](F)(F)F. The first kappa shape index (κ1) is 14.2. The number of rotatable bonds is 1. The highest BCUT2D eigenvalue weighted by molar-refractivity contribution is 6.50. The van der Waals surface area contributed by atoms with Crippen LogP contribution in [0.5, 0.6) is 0 Å². The van der Waals surface area contributed by atoms with Crippen LogP contribution in [0.3, 0.4) is 0 Å². The van der Waals surface area contributed by atoms with Crippen LogP contribution in [-0.4, -0.2) is 21.3 Å². The molecule has 0 unspecified atom stereocenters. The van der Waals surface area contributed by atoms with Crippen LogP contribution < -0.4 is 4.90 Å². The van der Waals surface area contributed by atoms with Gasteiger partial charge in [0.15, 0.2) is 4.98 Å². The van der Waals surface area contributed by atoms with Crippen molar-refractivity contribution in [3.8, 4) is 0 Å². The molecule has 0 amide bonds. The van der Waals surface area contributed by atoms with E-state index >= 15 is 0 Å². The first-order valence-electron chi connectivity index (χ1n) is 4.24. The lowest BCUT2D eigenvalue weighted by Gasteiger charge is -2.07. The number of para-hydroxylation sites is 1. The number of hydrogen-bond donors (Lipinski definition) is 0. The van der Waals surface area contributed by atoms with Crippen LogP contribution in [0.1, 0.15) is 0 Å². The van der Waals surface area contributed by atoms with Crippen molar-refractivity contribution in [3.05, 3.63) is 29.2 Å². The third-order valence-corrected chi connectivity index (χ3v) is 1.47. The Morgan fingerprint density at radius 3 is 1.88 bits per heavy atom. The summed E-state index contributed by atoms with van der Waals surface area (Å²) in [6, 6.07) is 7.40. The van der Waals surface area contributed by atoms with E-state index in [0.29, 0.717) is 5.69 Å². The highest BCUT2D eigenvalue weighted by atomic mass is 19.5. The van der Waals surface area contributed by atoms with Gasteiger partial charge in [-0.3, -0.25) is 0 Å². The number of hydrogen-bond acceptors (Lipinski definition) is 2. The molecule has 88 valence electrons. The molecule has 0 radical (unpaired) electrons. The molecule has 0 saturated carbocycles. The summed E-state index contributed by atoms with van der Waals surface area (Å²) < 4.78 is 39.0. The summed E-state index contributed by atoms with van der Waals surface area (Å²) in [7, 11) is -2.19. The van der Waals surface area contributed by atoms with Gasteiger partial charge in [-0.25, -0.2) is 0 Å². The molecule has 0 bridgehead atoms. The molecule has 1 rings (SSSR count). The Balaban J connectivity index is 0.000000385. The van der Waals surface area contributed by atoms with E-state index in [1.165, 1.54) is 0 Å². The van der Waals surface area contributed by atoms with Gasteiger partial charge in [-0.1, -0.05) is 12.1 Å². The average molecular weight is 235 g/mol. The van der Waals surface area contributed by atoms with E-state index in [1.54, 1.807) is 6.07 Å². The van der Waals surface area contributed by atoms with Crippen molar-refractivity contribution < 1.29 is 17.3 Å². The van der Waals surface area contributed by atoms with Gasteiger partial charge >= 0.3 is 12.9 Å². The molecule has 0 fully saturated rings. The van der Waals surface area contributed by atoms with E-state index in [2.05, 4.69) is 4.98 Å². The van der Waals surface area contributed by atoms with Gasteiger partial charge in [-0.2, -0.15) is 0 Å². The van der Waals surface area contributed by atoms with Gasteiger partial charge in [-0.15, -0.1) is 0 Å². The van der Waals surface area contributed by atoms with E-state index in [1.807, 2.05) is 37.2 Å². The first-order valence-corrected chi connectivity index (χ1v) is 4.24. The van der Waals surface area contributed by atoms with Gasteiger partial charge in [-0.05, 0) is 6.07 Å². The lowest BCUT2D eigenvalue weighted by molar-refractivity contribution is 0.368. The van der Waals surface area contributed by atoms with Crippen LogP contribution in [0.25, 0.3) is 4.98 Å². The Kier molecular flexibility index (Phi) is 5.29. The minimum absolute atomic E-state index is 0.595. The fraction of sp³-hybridized carbons (Fsp3) is 0.250. The molecule has 0 aliphatic rings. The van der Waals surface area contributed by atoms with Gasteiger partial charge in [0.05, 0.1) is 0 Å². The number of benzene rings is 1. The maximum absolute atomic E-state index is 9.75. The van der Waals surface area contributed by atoms with E-state index < -0.39 is 7.25 Å². The lowest BCUT2D eigenvalue weighted by Crippen LogP contribution is -2.08. The zero-order chi connectivity index (χ0) is 12.8. The maximum Gasteiger partial charge on any atom is 0.673 e. The third-order valence-electron chi connectivity index (χ3n) is 1.47. The van der Waals surface area contributed by atoms with Crippen molar-refractivity contribution >= 4 is 18.6 Å². The van der Waals surface area contributed by atoms with Crippen molar-refractivity contribution in [3.63, 3.8) is 0 Å². The van der Waals surface area contributed by atoms with Crippen molar-refractivity contribution in [2.45, 2.75) is 0 Å². The molecule has 1 aromatic carbocycles. The Labute approximate surface area is 90.4 Å². The highest BCUT2D eigenvalue weighted by Gasteiger charge is 2.20. The molecule has 0 aromatic heterocycles. The predicted octanol–water partition coefficient (Wildman–Crippen LogP) is 3.54. The summed E-state index contributed by atoms with van der Waals surface area (Å²) in [6.07, 6.45) is 0. The third kappa shape index (κ3) is 6.65. The van der Waals surface area contributed by atoms with Gasteiger partial charge < -0.3 is 22.2 Å². The summed E-state index contributed by atoms with van der Waals surface area (Å²) >= 11 is 0. The van der Waals surface area contributed by atoms with Crippen molar-refractivity contribution in [1.82, 2.24) is 0 Å². The van der Waals surface area contributed by atoms with E-state index in [0.717, 1.165) is 5.69 Å². The maximum atomic E-state index is 9.75. The zero-order valence-electron chi connectivity index (χ0n) is 8.74. The zero-order valence-corrected chi connectivity index (χ0v) is 8.74. The summed E-state index contributed by atoms with van der Waals surface area (Å²) in [5, 5.41) is 8.57. The Morgan fingerprint density at radius 2 is 1.56 bits per heavy atom. The topological polar surface area (TPSA) is 31.4 Å². The summed E-state index contributed by atoms with van der Waals surface area (Å²) in [5.74, 6) is 0. The van der Waals surface area contributed by atoms with Crippen LogP contribution in [0.4, 0.5) is 28.6 Å². The minimum atomic E-state index is -6.00. The highest BCUT2D eigenvalue weighted by Crippen LogP contribution is 2.25. The molecular formula is C8H10BF4N3. The standard InChI is InChI=1S/C8H10N3.BF4/c1-11(2)8-6-4-3-5-7(8)10-9;2-1(3,4)5/h3-6H,1-2H3;/q+1;-1. The minimum Gasteiger partial charge on any atom is -0.418 e. The number of diazo groups is 1. The van der Waals surface area contributed by atoms with Gasteiger partial charge in [0.1, 0.15) is 5.69 Å². The molecule has 16 heavy (non-hydrogen) atoms. The van der Waals surface area contributed by atoms with Crippen LogP contribution >= 0.6 is 0 Å². The second kappa shape index (κ2) is 5.95. The summed E-state index contributed by atoms with van der Waals surface area (Å²) in [4.78, 5) is 5.05. The molecule has 0 aliphatic carbocycles. The molecule has 0 saturated heterocycles. The number of anilines is 1. The Bertz CT molecular complexity index is 366. The largest absolute Gasteiger partial charge is 0.673 e. The molecule has 0 aliphatic heterocycles. The van der Waals surface area contributed by atoms with Gasteiger partial charge in [0, 0.05) is 20.2 Å². The van der Waals surface area contributed by atoms with E-state index in [4.69, 9.17) is 5.39 Å². The molecule has 8 heteroatoms. The molecule has 3 nitrogen and oxygen atoms in total. The molecule has 0 spiro atoms. The number of nitrogens with zero attached hydrogens (tertiary/aromatic N) is 3. The monoisotopic (exact) mass is 235 g/mol. The summed E-state index contributed by atoms with van der Waals surface area (Å²) in [6.45, 7) is 0. The van der Waals surface area contributed by atoms with Crippen molar-refractivity contribution in [1.29, 1.82) is 5.39 Å². The van der Waals surface area contributed by atoms with Crippen LogP contribution in [0, 0.1) is 5.39 Å². The van der Waals surface area contributed by atoms with E-state index in [-0.39, 0.29) is 0 Å². The van der Waals surface area contributed by atoms with Crippen LogP contribution in [-0.2, 0) is 0 Å². The molecular weight excluding hydrogens is 225 g/mol. The van der Waals surface area contributed by atoms with Crippen LogP contribution in [0.2, 0.25) is 0 Å². The van der Waals surface area contributed by atoms with Crippen LogP contribution in [0.15, 0.2) is 24.3 Å². The Hall–Kier alpha value is -1.78. The fourth-order valence-corrected chi connectivity index (χ4v) is 0.927. The quantitative estimate of drug-likeness (QED) is 0.423. The summed E-state index contributed by atoms with van der Waals surface area (Å²) in [5.41, 5.74) is 1.51. The second-order valence-electron chi connectivity index (χ2n) is 2.98. The van der Waals surface area contributed by atoms with Crippen molar-refractivity contribution in [2.24, 2.45) is 0 Å². The van der Waals surface area contributed by atoms with E-state index in [9.17, 15) is 17.3 Å². The number of halogens is 4. The smallest absolute Gasteiger partial charge is 0.418 e. The predicted molar refractivity (Wildman–Crippen MR) is 55.7 cm³/mol. The van der Waals surface area contributed by atoms with Gasteiger partial charge in [0.2, 0.25) is 5.39 Å². The first-order chi connectivity index (χ1) is 7.25. The van der Waals surface area contributed by atoms with Gasteiger partial charge in [0.25, 0.3) is 0 Å². The lowest BCUT2D eigenvalue weighted by atomic mass is 10.2. The van der Waals surface area contributed by atoms with Crippen molar-refractivity contribution in [2.75, 3.05) is 19.0 Å². The fourth-order valence-electron chi connectivity index (χ4n) is 0.927. The second-order valence-corrected chi connectivity index (χ2v) is 2.98. The Morgan fingerprint density at radius 1 is 1.12 bits per heavy atom. The molecule has 0 atom stereocenters.